The van der Waals surface area contributed by atoms with Gasteiger partial charge in [-0.3, -0.25) is 0 Å². The quantitative estimate of drug-likeness (QED) is 0.887. The van der Waals surface area contributed by atoms with Gasteiger partial charge >= 0.3 is 6.09 Å². The number of hydrogen-bond donors (Lipinski definition) is 1. The molecular weight excluding hydrogens is 250 g/mol. The summed E-state index contributed by atoms with van der Waals surface area (Å²) in [5, 5.41) is 3.61. The summed E-state index contributed by atoms with van der Waals surface area (Å²) in [6, 6.07) is 7.93. The van der Waals surface area contributed by atoms with Crippen molar-refractivity contribution in [3.63, 3.8) is 0 Å². The van der Waals surface area contributed by atoms with Crippen LogP contribution in [0.5, 0.6) is 0 Å². The third kappa shape index (κ3) is 3.64. The van der Waals surface area contributed by atoms with Crippen LogP contribution in [0.15, 0.2) is 24.3 Å². The Morgan fingerprint density at radius 1 is 1.44 bits per heavy atom. The molecule has 2 rings (SSSR count). The van der Waals surface area contributed by atoms with Crippen molar-refractivity contribution in [1.82, 2.24) is 5.32 Å². The first-order chi connectivity index (χ1) is 8.35. The van der Waals surface area contributed by atoms with Gasteiger partial charge in [-0.2, -0.15) is 0 Å². The molecule has 1 N–H and O–H groups in total. The standard InChI is InChI=1S/C14H18ClNO2/c1-14(2,3)18-13(17)16-12-8-11(12)9-5-4-6-10(15)7-9/h4-7,11-12H,8H2,1-3H3,(H,16,17). The van der Waals surface area contributed by atoms with Gasteiger partial charge in [0.2, 0.25) is 0 Å². The molecule has 0 radical (unpaired) electrons. The van der Waals surface area contributed by atoms with Crippen LogP contribution in [0.1, 0.15) is 38.7 Å². The SMILES string of the molecule is CC(C)(C)OC(=O)NC1CC1c1cccc(Cl)c1. The number of halogens is 1. The van der Waals surface area contributed by atoms with Gasteiger partial charge in [-0.15, -0.1) is 0 Å². The summed E-state index contributed by atoms with van der Waals surface area (Å²) < 4.78 is 5.22. The maximum Gasteiger partial charge on any atom is 0.407 e. The molecule has 1 fully saturated rings. The topological polar surface area (TPSA) is 38.3 Å². The van der Waals surface area contributed by atoms with Gasteiger partial charge in [0.1, 0.15) is 5.60 Å². The molecule has 2 atom stereocenters. The van der Waals surface area contributed by atoms with Crippen molar-refractivity contribution in [2.45, 2.75) is 44.8 Å². The lowest BCUT2D eigenvalue weighted by atomic mass is 10.1. The highest BCUT2D eigenvalue weighted by Gasteiger charge is 2.40. The molecule has 1 aliphatic carbocycles. The lowest BCUT2D eigenvalue weighted by molar-refractivity contribution is 0.0523. The molecule has 4 heteroatoms. The van der Waals surface area contributed by atoms with Crippen molar-refractivity contribution in [2.75, 3.05) is 0 Å². The van der Waals surface area contributed by atoms with Crippen LogP contribution in [0.2, 0.25) is 5.02 Å². The van der Waals surface area contributed by atoms with Crippen LogP contribution in [0, 0.1) is 0 Å². The van der Waals surface area contributed by atoms with E-state index in [0.29, 0.717) is 5.92 Å². The Hall–Kier alpha value is -1.22. The van der Waals surface area contributed by atoms with Gasteiger partial charge in [-0.1, -0.05) is 23.7 Å². The van der Waals surface area contributed by atoms with Crippen molar-refractivity contribution in [3.05, 3.63) is 34.9 Å². The fourth-order valence-corrected chi connectivity index (χ4v) is 2.12. The summed E-state index contributed by atoms with van der Waals surface area (Å²) in [6.07, 6.45) is 0.594. The fourth-order valence-electron chi connectivity index (χ4n) is 1.92. The molecule has 3 nitrogen and oxygen atoms in total. The Kier molecular flexibility index (Phi) is 3.53. The van der Waals surface area contributed by atoms with Gasteiger partial charge in [0.25, 0.3) is 0 Å². The Labute approximate surface area is 112 Å². The van der Waals surface area contributed by atoms with Crippen molar-refractivity contribution in [2.24, 2.45) is 0 Å². The van der Waals surface area contributed by atoms with Crippen LogP contribution in [-0.2, 0) is 4.74 Å². The third-order valence-electron chi connectivity index (χ3n) is 2.77. The Balaban J connectivity index is 1.87. The normalized spacial score (nSPS) is 22.4. The lowest BCUT2D eigenvalue weighted by Crippen LogP contribution is -2.34. The van der Waals surface area contributed by atoms with Gasteiger partial charge in [-0.05, 0) is 44.9 Å². The number of ether oxygens (including phenoxy) is 1. The second kappa shape index (κ2) is 4.81. The minimum Gasteiger partial charge on any atom is -0.444 e. The number of rotatable bonds is 2. The molecule has 1 aromatic rings. The minimum atomic E-state index is -0.454. The molecule has 1 aromatic carbocycles. The summed E-state index contributed by atoms with van der Waals surface area (Å²) in [5.41, 5.74) is 0.716. The third-order valence-corrected chi connectivity index (χ3v) is 3.00. The van der Waals surface area contributed by atoms with E-state index in [1.54, 1.807) is 0 Å². The molecule has 1 amide bonds. The number of alkyl carbamates (subject to hydrolysis) is 1. The highest BCUT2D eigenvalue weighted by atomic mass is 35.5. The molecule has 0 spiro atoms. The predicted molar refractivity (Wildman–Crippen MR) is 72.0 cm³/mol. The van der Waals surface area contributed by atoms with Crippen molar-refractivity contribution < 1.29 is 9.53 Å². The van der Waals surface area contributed by atoms with Crippen LogP contribution < -0.4 is 5.32 Å². The largest absolute Gasteiger partial charge is 0.444 e. The average molecular weight is 268 g/mol. The molecule has 0 heterocycles. The minimum absolute atomic E-state index is 0.165. The summed E-state index contributed by atoms with van der Waals surface area (Å²) in [6.45, 7) is 5.57. The first kappa shape index (κ1) is 13.2. The second-order valence-corrected chi connectivity index (χ2v) is 6.09. The van der Waals surface area contributed by atoms with Crippen LogP contribution >= 0.6 is 11.6 Å². The number of carbonyl (C=O) groups excluding carboxylic acids is 1. The van der Waals surface area contributed by atoms with Gasteiger partial charge in [0, 0.05) is 17.0 Å². The number of amides is 1. The molecule has 98 valence electrons. The van der Waals surface area contributed by atoms with Gasteiger partial charge in [0.15, 0.2) is 0 Å². The monoisotopic (exact) mass is 267 g/mol. The lowest BCUT2D eigenvalue weighted by Gasteiger charge is -2.19. The van der Waals surface area contributed by atoms with E-state index in [0.717, 1.165) is 11.4 Å². The molecule has 0 bridgehead atoms. The number of benzene rings is 1. The fraction of sp³-hybridized carbons (Fsp3) is 0.500. The molecule has 0 aliphatic heterocycles. The number of nitrogens with one attached hydrogen (secondary N) is 1. The molecule has 18 heavy (non-hydrogen) atoms. The summed E-state index contributed by atoms with van der Waals surface area (Å²) in [4.78, 5) is 11.6. The van der Waals surface area contributed by atoms with E-state index in [9.17, 15) is 4.79 Å². The Bertz CT molecular complexity index is 453. The molecule has 2 unspecified atom stereocenters. The van der Waals surface area contributed by atoms with E-state index >= 15 is 0 Å². The van der Waals surface area contributed by atoms with E-state index in [4.69, 9.17) is 16.3 Å². The molecule has 0 aromatic heterocycles. The summed E-state index contributed by atoms with van der Waals surface area (Å²) in [7, 11) is 0. The molecule has 0 saturated heterocycles. The van der Waals surface area contributed by atoms with Crippen LogP contribution in [0.3, 0.4) is 0 Å². The maximum absolute atomic E-state index is 11.6. The smallest absolute Gasteiger partial charge is 0.407 e. The van der Waals surface area contributed by atoms with Gasteiger partial charge < -0.3 is 10.1 Å². The first-order valence-corrected chi connectivity index (χ1v) is 6.48. The highest BCUT2D eigenvalue weighted by molar-refractivity contribution is 6.30. The van der Waals surface area contributed by atoms with Crippen molar-refractivity contribution in [1.29, 1.82) is 0 Å². The maximum atomic E-state index is 11.6. The van der Waals surface area contributed by atoms with Crippen LogP contribution in [-0.4, -0.2) is 17.7 Å². The number of carbonyl (C=O) groups is 1. The van der Waals surface area contributed by atoms with E-state index in [1.165, 1.54) is 5.56 Å². The highest BCUT2D eigenvalue weighted by Crippen LogP contribution is 2.41. The molecule has 1 saturated carbocycles. The summed E-state index contributed by atoms with van der Waals surface area (Å²) >= 11 is 5.95. The first-order valence-electron chi connectivity index (χ1n) is 6.10. The zero-order valence-electron chi connectivity index (χ0n) is 10.9. The van der Waals surface area contributed by atoms with Gasteiger partial charge in [-0.25, -0.2) is 4.79 Å². The zero-order chi connectivity index (χ0) is 13.3. The molecular formula is C14H18ClNO2. The van der Waals surface area contributed by atoms with E-state index in [-0.39, 0.29) is 12.1 Å². The average Bonchev–Trinajstić information content (AvgIpc) is 2.93. The van der Waals surface area contributed by atoms with Crippen LogP contribution in [0.25, 0.3) is 0 Å². The predicted octanol–water partition coefficient (Wildman–Crippen LogP) is 3.72. The molecule has 1 aliphatic rings. The summed E-state index contributed by atoms with van der Waals surface area (Å²) in [5.74, 6) is 0.358. The van der Waals surface area contributed by atoms with E-state index in [2.05, 4.69) is 5.32 Å². The Morgan fingerprint density at radius 2 is 2.17 bits per heavy atom. The van der Waals surface area contributed by atoms with E-state index < -0.39 is 5.60 Å². The zero-order valence-corrected chi connectivity index (χ0v) is 11.6. The van der Waals surface area contributed by atoms with E-state index in [1.807, 2.05) is 45.0 Å². The van der Waals surface area contributed by atoms with Crippen LogP contribution in [0.4, 0.5) is 4.79 Å². The van der Waals surface area contributed by atoms with Crippen molar-refractivity contribution >= 4 is 17.7 Å². The Morgan fingerprint density at radius 3 is 2.78 bits per heavy atom. The van der Waals surface area contributed by atoms with Gasteiger partial charge in [0.05, 0.1) is 0 Å². The second-order valence-electron chi connectivity index (χ2n) is 5.65. The van der Waals surface area contributed by atoms with Crippen molar-refractivity contribution in [3.8, 4) is 0 Å². The number of hydrogen-bond acceptors (Lipinski definition) is 2.